The van der Waals surface area contributed by atoms with Gasteiger partial charge in [0.1, 0.15) is 0 Å². The largest absolute Gasteiger partial charge is 0.381 e. The van der Waals surface area contributed by atoms with E-state index < -0.39 is 0 Å². The average Bonchev–Trinajstić information content (AvgIpc) is 3.06. The summed E-state index contributed by atoms with van der Waals surface area (Å²) in [4.78, 5) is 19.2. The van der Waals surface area contributed by atoms with Crippen molar-refractivity contribution >= 4 is 0 Å². The Balaban J connectivity index is 1.53. The highest BCUT2D eigenvalue weighted by Crippen LogP contribution is 2.19. The highest BCUT2D eigenvalue weighted by atomic mass is 16.5. The minimum atomic E-state index is 0.0836. The van der Waals surface area contributed by atoms with Crippen LogP contribution in [0.4, 0.5) is 0 Å². The molecule has 0 saturated carbocycles. The summed E-state index contributed by atoms with van der Waals surface area (Å²) >= 11 is 0. The molecule has 25 heavy (non-hydrogen) atoms. The molecule has 0 bridgehead atoms. The van der Waals surface area contributed by atoms with Gasteiger partial charge in [-0.05, 0) is 36.0 Å². The summed E-state index contributed by atoms with van der Waals surface area (Å²) in [6.45, 7) is 5.60. The van der Waals surface area contributed by atoms with E-state index >= 15 is 0 Å². The van der Waals surface area contributed by atoms with Crippen LogP contribution in [0.15, 0.2) is 41.5 Å². The lowest BCUT2D eigenvalue weighted by molar-refractivity contribution is 0.168. The first-order chi connectivity index (χ1) is 12.3. The maximum absolute atomic E-state index is 12.5. The highest BCUT2D eigenvalue weighted by Gasteiger charge is 2.22. The van der Waals surface area contributed by atoms with Crippen LogP contribution in [0.2, 0.25) is 0 Å². The van der Waals surface area contributed by atoms with Gasteiger partial charge in [-0.2, -0.15) is 0 Å². The molecule has 0 amide bonds. The van der Waals surface area contributed by atoms with Gasteiger partial charge >= 0.3 is 0 Å². The van der Waals surface area contributed by atoms with Crippen LogP contribution in [0.3, 0.4) is 0 Å². The number of pyridine rings is 2. The van der Waals surface area contributed by atoms with Crippen LogP contribution in [-0.4, -0.2) is 47.3 Å². The average molecular weight is 339 g/mol. The van der Waals surface area contributed by atoms with Gasteiger partial charge in [-0.25, -0.2) is 0 Å². The normalized spacial score (nSPS) is 21.0. The summed E-state index contributed by atoms with van der Waals surface area (Å²) in [5, 5.41) is 0. The van der Waals surface area contributed by atoms with E-state index in [1.165, 1.54) is 17.7 Å². The molecule has 1 fully saturated rings. The van der Waals surface area contributed by atoms with Gasteiger partial charge in [-0.3, -0.25) is 9.78 Å². The maximum Gasteiger partial charge on any atom is 0.251 e. The van der Waals surface area contributed by atoms with Crippen molar-refractivity contribution in [1.29, 1.82) is 0 Å². The number of rotatable bonds is 4. The Bertz CT molecular complexity index is 766. The van der Waals surface area contributed by atoms with Crippen molar-refractivity contribution in [3.05, 3.63) is 63.8 Å². The van der Waals surface area contributed by atoms with E-state index in [4.69, 9.17) is 4.74 Å². The second-order valence-electron chi connectivity index (χ2n) is 7.12. The lowest BCUT2D eigenvalue weighted by atomic mass is 10.1. The van der Waals surface area contributed by atoms with E-state index in [0.29, 0.717) is 12.5 Å². The fraction of sp³-hybridized carbons (Fsp3) is 0.500. The molecular formula is C20H25N3O2. The molecule has 2 aliphatic heterocycles. The van der Waals surface area contributed by atoms with Crippen LogP contribution in [-0.2, 0) is 24.1 Å². The van der Waals surface area contributed by atoms with E-state index in [1.54, 1.807) is 12.3 Å². The third-order valence-electron chi connectivity index (χ3n) is 5.36. The number of hydrogen-bond acceptors (Lipinski definition) is 4. The van der Waals surface area contributed by atoms with Crippen molar-refractivity contribution in [2.24, 2.45) is 5.92 Å². The van der Waals surface area contributed by atoms with E-state index in [-0.39, 0.29) is 5.56 Å². The molecule has 0 spiro atoms. The molecule has 2 aliphatic rings. The van der Waals surface area contributed by atoms with Crippen LogP contribution in [0.1, 0.15) is 23.2 Å². The number of ether oxygens (including phenoxy) is 1. The minimum Gasteiger partial charge on any atom is -0.381 e. The molecule has 1 saturated heterocycles. The van der Waals surface area contributed by atoms with Crippen molar-refractivity contribution in [2.45, 2.75) is 25.8 Å². The first kappa shape index (κ1) is 16.5. The summed E-state index contributed by atoms with van der Waals surface area (Å²) in [7, 11) is 0. The number of nitrogens with zero attached hydrogens (tertiary/aromatic N) is 3. The molecule has 5 nitrogen and oxygen atoms in total. The van der Waals surface area contributed by atoms with Gasteiger partial charge in [-0.15, -0.1) is 0 Å². The predicted molar refractivity (Wildman–Crippen MR) is 96.8 cm³/mol. The Morgan fingerprint density at radius 1 is 1.20 bits per heavy atom. The zero-order valence-electron chi connectivity index (χ0n) is 14.6. The Kier molecular flexibility index (Phi) is 4.95. The fourth-order valence-electron chi connectivity index (χ4n) is 3.96. The number of hydrogen-bond donors (Lipinski definition) is 0. The molecule has 0 N–H and O–H groups in total. The molecule has 0 unspecified atom stereocenters. The third-order valence-corrected chi connectivity index (χ3v) is 5.36. The van der Waals surface area contributed by atoms with Gasteiger partial charge < -0.3 is 14.2 Å². The minimum absolute atomic E-state index is 0.0836. The van der Waals surface area contributed by atoms with Crippen molar-refractivity contribution in [1.82, 2.24) is 14.5 Å². The molecule has 4 heterocycles. The molecule has 2 aromatic rings. The Morgan fingerprint density at radius 2 is 2.12 bits per heavy atom. The Morgan fingerprint density at radius 3 is 2.92 bits per heavy atom. The second-order valence-corrected chi connectivity index (χ2v) is 7.12. The molecule has 2 aromatic heterocycles. The van der Waals surface area contributed by atoms with Crippen molar-refractivity contribution in [3.63, 3.8) is 0 Å². The Labute approximate surface area is 148 Å². The van der Waals surface area contributed by atoms with Crippen LogP contribution in [0.25, 0.3) is 0 Å². The zero-order chi connectivity index (χ0) is 17.1. The summed E-state index contributed by atoms with van der Waals surface area (Å²) in [5.41, 5.74) is 3.66. The van der Waals surface area contributed by atoms with Crippen LogP contribution in [0, 0.1) is 5.92 Å². The van der Waals surface area contributed by atoms with Crippen molar-refractivity contribution in [2.75, 3.05) is 32.8 Å². The lowest BCUT2D eigenvalue weighted by Gasteiger charge is -2.22. The number of aromatic nitrogens is 2. The first-order valence-electron chi connectivity index (χ1n) is 9.20. The van der Waals surface area contributed by atoms with Gasteiger partial charge in [0.25, 0.3) is 5.56 Å². The van der Waals surface area contributed by atoms with Crippen LogP contribution >= 0.6 is 0 Å². The molecule has 1 atom stereocenters. The van der Waals surface area contributed by atoms with Gasteiger partial charge in [0.05, 0.1) is 13.2 Å². The van der Waals surface area contributed by atoms with Gasteiger partial charge in [0.2, 0.25) is 0 Å². The highest BCUT2D eigenvalue weighted by molar-refractivity contribution is 5.25. The summed E-state index contributed by atoms with van der Waals surface area (Å²) in [6, 6.07) is 7.70. The molecule has 5 heteroatoms. The van der Waals surface area contributed by atoms with Crippen LogP contribution in [0.5, 0.6) is 0 Å². The molecule has 0 aromatic carbocycles. The predicted octanol–water partition coefficient (Wildman–Crippen LogP) is 1.73. The molecule has 0 aliphatic carbocycles. The summed E-state index contributed by atoms with van der Waals surface area (Å²) in [6.07, 6.45) is 6.72. The fourth-order valence-corrected chi connectivity index (χ4v) is 3.96. The maximum atomic E-state index is 12.5. The second kappa shape index (κ2) is 7.50. The standard InChI is InChI=1S/C20H25N3O2/c24-20-4-3-18-5-9-22(13-17-7-11-25-15-17)10-6-19(18)23(20)14-16-2-1-8-21-12-16/h1-4,8,12,17H,5-7,9-11,13-15H2/t17-/m1/s1. The van der Waals surface area contributed by atoms with Crippen LogP contribution < -0.4 is 5.56 Å². The van der Waals surface area contributed by atoms with E-state index in [2.05, 4.69) is 9.88 Å². The van der Waals surface area contributed by atoms with E-state index in [0.717, 1.165) is 51.3 Å². The summed E-state index contributed by atoms with van der Waals surface area (Å²) < 4.78 is 7.45. The molecule has 132 valence electrons. The zero-order valence-corrected chi connectivity index (χ0v) is 14.6. The van der Waals surface area contributed by atoms with Gasteiger partial charge in [0, 0.05) is 56.8 Å². The monoisotopic (exact) mass is 339 g/mol. The molecular weight excluding hydrogens is 314 g/mol. The number of fused-ring (bicyclic) bond motifs is 1. The van der Waals surface area contributed by atoms with E-state index in [9.17, 15) is 4.79 Å². The topological polar surface area (TPSA) is 47.4 Å². The third kappa shape index (κ3) is 3.83. The van der Waals surface area contributed by atoms with Crippen molar-refractivity contribution in [3.8, 4) is 0 Å². The van der Waals surface area contributed by atoms with Gasteiger partial charge in [0.15, 0.2) is 0 Å². The van der Waals surface area contributed by atoms with Gasteiger partial charge in [-0.1, -0.05) is 12.1 Å². The first-order valence-corrected chi connectivity index (χ1v) is 9.20. The molecule has 0 radical (unpaired) electrons. The SMILES string of the molecule is O=c1ccc2c(n1Cc1cccnc1)CCN(C[C@H]1CCOC1)CC2. The smallest absolute Gasteiger partial charge is 0.251 e. The van der Waals surface area contributed by atoms with E-state index in [1.807, 2.05) is 29.0 Å². The lowest BCUT2D eigenvalue weighted by Crippen LogP contribution is -2.32. The van der Waals surface area contributed by atoms with Crippen molar-refractivity contribution < 1.29 is 4.74 Å². The molecule has 4 rings (SSSR count). The Hall–Kier alpha value is -1.98. The summed E-state index contributed by atoms with van der Waals surface area (Å²) in [5.74, 6) is 0.666. The quantitative estimate of drug-likeness (QED) is 0.851.